The molecule has 0 rings (SSSR count). The molecule has 2 atom stereocenters. The van der Waals surface area contributed by atoms with E-state index >= 15 is 0 Å². The average Bonchev–Trinajstić information content (AvgIpc) is 2.00. The molecule has 0 saturated heterocycles. The minimum Gasteiger partial charge on any atom is -0.481 e. The summed E-state index contributed by atoms with van der Waals surface area (Å²) < 4.78 is 36.9. The number of carboxylic acids is 1. The Balaban J connectivity index is 4.33. The van der Waals surface area contributed by atoms with E-state index in [0.717, 1.165) is 0 Å². The van der Waals surface area contributed by atoms with Gasteiger partial charge in [-0.1, -0.05) is 13.8 Å². The van der Waals surface area contributed by atoms with Gasteiger partial charge in [0.1, 0.15) is 5.25 Å². The van der Waals surface area contributed by atoms with Crippen LogP contribution >= 0.6 is 11.8 Å². The molecule has 0 amide bonds. The third kappa shape index (κ3) is 5.36. The van der Waals surface area contributed by atoms with E-state index < -0.39 is 23.8 Å². The molecule has 0 spiro atoms. The van der Waals surface area contributed by atoms with E-state index in [1.165, 1.54) is 0 Å². The molecule has 14 heavy (non-hydrogen) atoms. The zero-order chi connectivity index (χ0) is 11.4. The molecule has 1 N–H and O–H groups in total. The van der Waals surface area contributed by atoms with Crippen LogP contribution in [0.5, 0.6) is 0 Å². The fraction of sp³-hybridized carbons (Fsp3) is 0.875. The van der Waals surface area contributed by atoms with E-state index in [-0.39, 0.29) is 5.25 Å². The van der Waals surface area contributed by atoms with Gasteiger partial charge in [-0.15, -0.1) is 11.8 Å². The van der Waals surface area contributed by atoms with Crippen molar-refractivity contribution in [3.63, 3.8) is 0 Å². The van der Waals surface area contributed by atoms with E-state index in [2.05, 4.69) is 0 Å². The number of carboxylic acid groups (broad SMARTS) is 1. The lowest BCUT2D eigenvalue weighted by Crippen LogP contribution is -2.29. The molecule has 6 heteroatoms. The molecular weight excluding hydrogens is 217 g/mol. The molecule has 0 bridgehead atoms. The first-order valence-electron chi connectivity index (χ1n) is 4.21. The number of hydrogen-bond donors (Lipinski definition) is 1. The van der Waals surface area contributed by atoms with Gasteiger partial charge in [0.25, 0.3) is 0 Å². The average molecular weight is 230 g/mol. The highest BCUT2D eigenvalue weighted by Gasteiger charge is 2.41. The van der Waals surface area contributed by atoms with Crippen LogP contribution in [-0.2, 0) is 4.79 Å². The maximum Gasteiger partial charge on any atom is 0.401 e. The number of thioether (sulfide) groups is 1. The summed E-state index contributed by atoms with van der Waals surface area (Å²) in [5, 5.41) is 6.34. The summed E-state index contributed by atoms with van der Waals surface area (Å²) in [5.74, 6) is -1.41. The first-order chi connectivity index (χ1) is 6.27. The molecule has 0 aromatic heterocycles. The first kappa shape index (κ1) is 13.6. The summed E-state index contributed by atoms with van der Waals surface area (Å²) in [6, 6.07) is 0. The minimum absolute atomic E-state index is 0.180. The quantitative estimate of drug-likeness (QED) is 0.789. The SMILES string of the molecule is CCC(C)SC(CC(=O)O)C(F)(F)F. The van der Waals surface area contributed by atoms with Gasteiger partial charge in [-0.2, -0.15) is 13.2 Å². The van der Waals surface area contributed by atoms with Crippen LogP contribution in [0.25, 0.3) is 0 Å². The Hall–Kier alpha value is -0.390. The summed E-state index contributed by atoms with van der Waals surface area (Å²) in [6.45, 7) is 3.43. The van der Waals surface area contributed by atoms with Gasteiger partial charge in [0.2, 0.25) is 0 Å². The van der Waals surface area contributed by atoms with Gasteiger partial charge in [0.05, 0.1) is 6.42 Å². The molecule has 0 heterocycles. The number of rotatable bonds is 5. The number of halogens is 3. The number of aliphatic carboxylic acids is 1. The van der Waals surface area contributed by atoms with Gasteiger partial charge < -0.3 is 5.11 Å². The maximum atomic E-state index is 12.3. The Bertz CT molecular complexity index is 194. The lowest BCUT2D eigenvalue weighted by Gasteiger charge is -2.20. The molecule has 0 aliphatic heterocycles. The molecule has 0 aliphatic carbocycles. The Morgan fingerprint density at radius 1 is 1.50 bits per heavy atom. The van der Waals surface area contributed by atoms with E-state index in [1.54, 1.807) is 13.8 Å². The molecule has 2 nitrogen and oxygen atoms in total. The van der Waals surface area contributed by atoms with Crippen LogP contribution in [-0.4, -0.2) is 27.8 Å². The molecule has 0 saturated carbocycles. The lowest BCUT2D eigenvalue weighted by atomic mass is 10.3. The Labute approximate surface area is 84.9 Å². The molecule has 0 aromatic carbocycles. The predicted octanol–water partition coefficient (Wildman–Crippen LogP) is 2.92. The van der Waals surface area contributed by atoms with Crippen molar-refractivity contribution in [1.29, 1.82) is 0 Å². The van der Waals surface area contributed by atoms with Crippen LogP contribution in [0.1, 0.15) is 26.7 Å². The van der Waals surface area contributed by atoms with Gasteiger partial charge in [0.15, 0.2) is 0 Å². The molecule has 84 valence electrons. The van der Waals surface area contributed by atoms with Crippen molar-refractivity contribution in [2.75, 3.05) is 0 Å². The topological polar surface area (TPSA) is 37.3 Å². The number of hydrogen-bond acceptors (Lipinski definition) is 2. The Morgan fingerprint density at radius 3 is 2.29 bits per heavy atom. The number of carbonyl (C=O) groups is 1. The van der Waals surface area contributed by atoms with E-state index in [4.69, 9.17) is 5.11 Å². The summed E-state index contributed by atoms with van der Waals surface area (Å²) in [4.78, 5) is 10.2. The highest BCUT2D eigenvalue weighted by Crippen LogP contribution is 2.35. The van der Waals surface area contributed by atoms with E-state index in [0.29, 0.717) is 18.2 Å². The Kier molecular flexibility index (Phi) is 5.33. The second kappa shape index (κ2) is 5.48. The standard InChI is InChI=1S/C8H13F3O2S/c1-3-5(2)14-6(4-7(12)13)8(9,10)11/h5-6H,3-4H2,1-2H3,(H,12,13). The molecule has 0 aliphatic rings. The summed E-state index contributed by atoms with van der Waals surface area (Å²) in [6.07, 6.45) is -4.71. The first-order valence-corrected chi connectivity index (χ1v) is 5.15. The van der Waals surface area contributed by atoms with Gasteiger partial charge in [-0.05, 0) is 6.42 Å². The van der Waals surface area contributed by atoms with E-state index in [1.807, 2.05) is 0 Å². The van der Waals surface area contributed by atoms with Crippen molar-refractivity contribution in [1.82, 2.24) is 0 Å². The van der Waals surface area contributed by atoms with Gasteiger partial charge in [-0.25, -0.2) is 0 Å². The molecular formula is C8H13F3O2S. The smallest absolute Gasteiger partial charge is 0.401 e. The van der Waals surface area contributed by atoms with Crippen LogP contribution in [0.15, 0.2) is 0 Å². The third-order valence-electron chi connectivity index (χ3n) is 1.70. The zero-order valence-corrected chi connectivity index (χ0v) is 8.78. The predicted molar refractivity (Wildman–Crippen MR) is 49.4 cm³/mol. The maximum absolute atomic E-state index is 12.3. The van der Waals surface area contributed by atoms with Crippen LogP contribution < -0.4 is 0 Å². The van der Waals surface area contributed by atoms with Gasteiger partial charge in [-0.3, -0.25) is 4.79 Å². The molecule has 0 aromatic rings. The van der Waals surface area contributed by atoms with Crippen molar-refractivity contribution in [3.8, 4) is 0 Å². The summed E-state index contributed by atoms with van der Waals surface area (Å²) in [7, 11) is 0. The van der Waals surface area contributed by atoms with Crippen molar-refractivity contribution in [3.05, 3.63) is 0 Å². The molecule has 2 unspecified atom stereocenters. The van der Waals surface area contributed by atoms with Gasteiger partial charge >= 0.3 is 12.1 Å². The summed E-state index contributed by atoms with van der Waals surface area (Å²) >= 11 is 0.674. The van der Waals surface area contributed by atoms with Crippen LogP contribution in [0.3, 0.4) is 0 Å². The van der Waals surface area contributed by atoms with Crippen molar-refractivity contribution in [2.45, 2.75) is 43.4 Å². The highest BCUT2D eigenvalue weighted by atomic mass is 32.2. The highest BCUT2D eigenvalue weighted by molar-refractivity contribution is 8.00. The number of alkyl halides is 3. The summed E-state index contributed by atoms with van der Waals surface area (Å²) in [5.41, 5.74) is 0. The second-order valence-corrected chi connectivity index (χ2v) is 4.63. The van der Waals surface area contributed by atoms with Crippen molar-refractivity contribution < 1.29 is 23.1 Å². The zero-order valence-electron chi connectivity index (χ0n) is 7.97. The normalized spacial score (nSPS) is 16.4. The second-order valence-electron chi connectivity index (χ2n) is 2.98. The van der Waals surface area contributed by atoms with Crippen LogP contribution in [0.2, 0.25) is 0 Å². The Morgan fingerprint density at radius 2 is 2.00 bits per heavy atom. The third-order valence-corrected chi connectivity index (χ3v) is 3.26. The molecule has 0 radical (unpaired) electrons. The fourth-order valence-corrected chi connectivity index (χ4v) is 1.92. The minimum atomic E-state index is -4.44. The lowest BCUT2D eigenvalue weighted by molar-refractivity contribution is -0.149. The van der Waals surface area contributed by atoms with E-state index in [9.17, 15) is 18.0 Å². The molecule has 0 fully saturated rings. The largest absolute Gasteiger partial charge is 0.481 e. The van der Waals surface area contributed by atoms with Crippen LogP contribution in [0.4, 0.5) is 13.2 Å². The fourth-order valence-electron chi connectivity index (χ4n) is 0.776. The monoisotopic (exact) mass is 230 g/mol. The van der Waals surface area contributed by atoms with Crippen LogP contribution in [0, 0.1) is 0 Å². The van der Waals surface area contributed by atoms with Crippen molar-refractivity contribution >= 4 is 17.7 Å². The van der Waals surface area contributed by atoms with Gasteiger partial charge in [0, 0.05) is 5.25 Å². The van der Waals surface area contributed by atoms with Crippen molar-refractivity contribution in [2.24, 2.45) is 0 Å².